The van der Waals surface area contributed by atoms with Crippen molar-refractivity contribution >= 4 is 11.8 Å². The van der Waals surface area contributed by atoms with Gasteiger partial charge in [0.1, 0.15) is 0 Å². The highest BCUT2D eigenvalue weighted by atomic mass is 16.2. The van der Waals surface area contributed by atoms with E-state index in [0.29, 0.717) is 11.1 Å². The molecule has 0 saturated heterocycles. The van der Waals surface area contributed by atoms with Crippen LogP contribution in [0, 0.1) is 0 Å². The summed E-state index contributed by atoms with van der Waals surface area (Å²) in [4.78, 5) is 26.7. The minimum absolute atomic E-state index is 0.0774. The van der Waals surface area contributed by atoms with Gasteiger partial charge in [0.15, 0.2) is 6.67 Å². The molecular formula is C13H11N4O2+. The lowest BCUT2D eigenvalue weighted by Crippen LogP contribution is -2.53. The summed E-state index contributed by atoms with van der Waals surface area (Å²) in [7, 11) is 0. The number of hydrogen-bond donors (Lipinski definition) is 1. The molecule has 2 amide bonds. The van der Waals surface area contributed by atoms with Crippen LogP contribution in [0.4, 0.5) is 0 Å². The zero-order chi connectivity index (χ0) is 13.2. The van der Waals surface area contributed by atoms with Gasteiger partial charge >= 0.3 is 0 Å². The van der Waals surface area contributed by atoms with Crippen LogP contribution < -0.4 is 10.2 Å². The monoisotopic (exact) mass is 255 g/mol. The summed E-state index contributed by atoms with van der Waals surface area (Å²) in [5, 5.41) is 4.00. The summed E-state index contributed by atoms with van der Waals surface area (Å²) >= 11 is 0. The predicted molar refractivity (Wildman–Crippen MR) is 65.6 cm³/mol. The number of imide groups is 1. The number of carbonyl (C=O) groups excluding carboxylic acids is 2. The smallest absolute Gasteiger partial charge is 0.263 e. The van der Waals surface area contributed by atoms with E-state index in [1.165, 1.54) is 4.79 Å². The van der Waals surface area contributed by atoms with Crippen LogP contribution in [0.5, 0.6) is 0 Å². The van der Waals surface area contributed by atoms with Gasteiger partial charge in [-0.15, -0.1) is 5.43 Å². The van der Waals surface area contributed by atoms with Crippen molar-refractivity contribution in [2.24, 2.45) is 0 Å². The zero-order valence-corrected chi connectivity index (χ0v) is 9.98. The number of nitrogens with one attached hydrogen (secondary N) is 1. The van der Waals surface area contributed by atoms with Gasteiger partial charge in [0.25, 0.3) is 11.8 Å². The summed E-state index contributed by atoms with van der Waals surface area (Å²) in [6.45, 7) is 0.0774. The van der Waals surface area contributed by atoms with Crippen LogP contribution in [0.2, 0.25) is 0 Å². The molecule has 0 saturated carbocycles. The summed E-state index contributed by atoms with van der Waals surface area (Å²) in [6.07, 6.45) is 3.30. The van der Waals surface area contributed by atoms with Crippen LogP contribution >= 0.6 is 0 Å². The van der Waals surface area contributed by atoms with E-state index >= 15 is 0 Å². The summed E-state index contributed by atoms with van der Waals surface area (Å²) in [5.41, 5.74) is 3.76. The molecule has 0 atom stereocenters. The Balaban J connectivity index is 1.78. The molecule has 0 spiro atoms. The molecule has 0 bridgehead atoms. The van der Waals surface area contributed by atoms with Crippen molar-refractivity contribution in [2.45, 2.75) is 0 Å². The van der Waals surface area contributed by atoms with Crippen LogP contribution in [0.1, 0.15) is 20.7 Å². The Hall–Kier alpha value is -2.76. The number of benzene rings is 1. The van der Waals surface area contributed by atoms with Crippen molar-refractivity contribution in [1.82, 2.24) is 10.00 Å². The highest BCUT2D eigenvalue weighted by Crippen LogP contribution is 2.21. The fourth-order valence-corrected chi connectivity index (χ4v) is 1.95. The van der Waals surface area contributed by atoms with Crippen LogP contribution in [-0.2, 0) is 0 Å². The fourth-order valence-electron chi connectivity index (χ4n) is 1.95. The van der Waals surface area contributed by atoms with Gasteiger partial charge in [0, 0.05) is 16.0 Å². The average Bonchev–Trinajstić information content (AvgIpc) is 2.71. The molecular weight excluding hydrogens is 244 g/mol. The minimum Gasteiger partial charge on any atom is -0.269 e. The Kier molecular flexibility index (Phi) is 2.68. The first kappa shape index (κ1) is 11.3. The Morgan fingerprint density at radius 3 is 2.32 bits per heavy atom. The van der Waals surface area contributed by atoms with E-state index < -0.39 is 0 Å². The van der Waals surface area contributed by atoms with Gasteiger partial charge in [-0.3, -0.25) is 14.5 Å². The largest absolute Gasteiger partial charge is 0.269 e. The van der Waals surface area contributed by atoms with Crippen molar-refractivity contribution < 1.29 is 14.4 Å². The number of fused-ring (bicyclic) bond motifs is 1. The van der Waals surface area contributed by atoms with Gasteiger partial charge in [0.2, 0.25) is 6.20 Å². The standard InChI is InChI=1S/C13H11N4O2/c18-12-10-5-1-2-6-11(10)13(19)16(12)9-15-17-8-4-3-7-14-17/h1-8H,9H2,(H,14,15)/q+1. The highest BCUT2D eigenvalue weighted by molar-refractivity contribution is 6.21. The Morgan fingerprint density at radius 2 is 1.74 bits per heavy atom. The van der Waals surface area contributed by atoms with Crippen LogP contribution in [0.3, 0.4) is 0 Å². The van der Waals surface area contributed by atoms with Crippen molar-refractivity contribution in [3.63, 3.8) is 0 Å². The number of carbonyl (C=O) groups is 2. The molecule has 1 aliphatic heterocycles. The number of hydrogen-bond acceptors (Lipinski definition) is 4. The maximum atomic E-state index is 12.1. The molecule has 94 valence electrons. The summed E-state index contributed by atoms with van der Waals surface area (Å²) in [5.74, 6) is -0.575. The maximum Gasteiger partial charge on any atom is 0.263 e. The SMILES string of the molecule is O=C1c2ccccc2C(=O)N1CN[n+]1ccccn1. The Labute approximate surface area is 109 Å². The first-order chi connectivity index (χ1) is 9.27. The molecule has 0 aliphatic carbocycles. The van der Waals surface area contributed by atoms with E-state index in [1.54, 1.807) is 48.8 Å². The molecule has 3 rings (SSSR count). The summed E-state index contributed by atoms with van der Waals surface area (Å²) < 4.78 is 0. The van der Waals surface area contributed by atoms with E-state index in [2.05, 4.69) is 10.5 Å². The molecule has 1 aliphatic rings. The number of nitrogens with zero attached hydrogens (tertiary/aromatic N) is 3. The number of rotatable bonds is 3. The van der Waals surface area contributed by atoms with E-state index in [-0.39, 0.29) is 18.5 Å². The lowest BCUT2D eigenvalue weighted by molar-refractivity contribution is -0.711. The number of amides is 2. The maximum absolute atomic E-state index is 12.1. The molecule has 2 aromatic rings. The lowest BCUT2D eigenvalue weighted by Gasteiger charge is -2.10. The normalized spacial score (nSPS) is 13.6. The molecule has 0 fully saturated rings. The van der Waals surface area contributed by atoms with Gasteiger partial charge in [-0.1, -0.05) is 12.1 Å². The van der Waals surface area contributed by atoms with Gasteiger partial charge in [0.05, 0.1) is 17.3 Å². The molecule has 1 aromatic heterocycles. The van der Waals surface area contributed by atoms with Gasteiger partial charge in [-0.25, -0.2) is 0 Å². The quantitative estimate of drug-likeness (QED) is 0.627. The zero-order valence-electron chi connectivity index (χ0n) is 9.98. The second-order valence-electron chi connectivity index (χ2n) is 4.04. The van der Waals surface area contributed by atoms with Gasteiger partial charge in [-0.05, 0) is 18.2 Å². The Morgan fingerprint density at radius 1 is 1.05 bits per heavy atom. The first-order valence-electron chi connectivity index (χ1n) is 5.79. The molecule has 2 heterocycles. The number of aromatic nitrogens is 2. The second-order valence-corrected chi connectivity index (χ2v) is 4.04. The van der Waals surface area contributed by atoms with Crippen LogP contribution in [0.25, 0.3) is 0 Å². The van der Waals surface area contributed by atoms with Crippen LogP contribution in [0.15, 0.2) is 48.8 Å². The third-order valence-corrected chi connectivity index (χ3v) is 2.88. The van der Waals surface area contributed by atoms with Crippen molar-refractivity contribution in [2.75, 3.05) is 12.1 Å². The van der Waals surface area contributed by atoms with E-state index in [0.717, 1.165) is 4.90 Å². The van der Waals surface area contributed by atoms with E-state index in [4.69, 9.17) is 0 Å². The van der Waals surface area contributed by atoms with Crippen molar-refractivity contribution in [3.8, 4) is 0 Å². The molecule has 1 aromatic carbocycles. The Bertz CT molecular complexity index is 607. The van der Waals surface area contributed by atoms with Crippen molar-refractivity contribution in [1.29, 1.82) is 0 Å². The third-order valence-electron chi connectivity index (χ3n) is 2.88. The van der Waals surface area contributed by atoms with Gasteiger partial charge in [-0.2, -0.15) is 0 Å². The fraction of sp³-hybridized carbons (Fsp3) is 0.0769. The average molecular weight is 255 g/mol. The van der Waals surface area contributed by atoms with Gasteiger partial charge < -0.3 is 0 Å². The van der Waals surface area contributed by atoms with Crippen LogP contribution in [-0.4, -0.2) is 28.5 Å². The molecule has 6 heteroatoms. The second kappa shape index (κ2) is 4.49. The summed E-state index contributed by atoms with van der Waals surface area (Å²) in [6, 6.07) is 10.4. The molecule has 1 N–H and O–H groups in total. The molecule has 6 nitrogen and oxygen atoms in total. The third kappa shape index (κ3) is 1.93. The highest BCUT2D eigenvalue weighted by Gasteiger charge is 2.35. The first-order valence-corrected chi connectivity index (χ1v) is 5.79. The van der Waals surface area contributed by atoms with E-state index in [1.807, 2.05) is 0 Å². The molecule has 19 heavy (non-hydrogen) atoms. The lowest BCUT2D eigenvalue weighted by atomic mass is 10.1. The molecule has 0 unspecified atom stereocenters. The predicted octanol–water partition coefficient (Wildman–Crippen LogP) is 0.166. The van der Waals surface area contributed by atoms with Crippen molar-refractivity contribution in [3.05, 3.63) is 59.9 Å². The van der Waals surface area contributed by atoms with E-state index in [9.17, 15) is 9.59 Å². The molecule has 0 radical (unpaired) electrons. The minimum atomic E-state index is -0.287. The topological polar surface area (TPSA) is 66.2 Å².